The van der Waals surface area contributed by atoms with E-state index < -0.39 is 21.1 Å². The van der Waals surface area contributed by atoms with Crippen molar-refractivity contribution in [2.45, 2.75) is 30.9 Å². The second-order valence-corrected chi connectivity index (χ2v) is 8.83. The minimum atomic E-state index is -3.51. The third-order valence-corrected chi connectivity index (χ3v) is 6.37. The molecule has 1 saturated carbocycles. The van der Waals surface area contributed by atoms with E-state index in [0.29, 0.717) is 40.7 Å². The molecule has 0 bridgehead atoms. The van der Waals surface area contributed by atoms with Crippen molar-refractivity contribution in [3.8, 4) is 0 Å². The molecule has 1 aromatic heterocycles. The molecule has 0 spiro atoms. The van der Waals surface area contributed by atoms with E-state index in [0.717, 1.165) is 0 Å². The van der Waals surface area contributed by atoms with Gasteiger partial charge in [0.25, 0.3) is 0 Å². The lowest BCUT2D eigenvalue weighted by atomic mass is 10.0. The minimum Gasteiger partial charge on any atom is -0.411 e. The third kappa shape index (κ3) is 4.27. The van der Waals surface area contributed by atoms with Gasteiger partial charge in [-0.15, -0.1) is 0 Å². The Labute approximate surface area is 157 Å². The molecule has 1 aliphatic rings. The summed E-state index contributed by atoms with van der Waals surface area (Å²) in [7, 11) is -3.51. The van der Waals surface area contributed by atoms with Crippen LogP contribution in [0.1, 0.15) is 29.8 Å². The summed E-state index contributed by atoms with van der Waals surface area (Å²) in [6.45, 7) is 0. The maximum atomic E-state index is 13.3. The van der Waals surface area contributed by atoms with Gasteiger partial charge in [0.2, 0.25) is 10.0 Å². The van der Waals surface area contributed by atoms with Gasteiger partial charge in [-0.05, 0) is 64.0 Å². The van der Waals surface area contributed by atoms with Crippen molar-refractivity contribution >= 4 is 31.7 Å². The molecule has 11 heteroatoms. The minimum absolute atomic E-state index is 0.0166. The average Bonchev–Trinajstić information content (AvgIpc) is 3.24. The molecule has 3 N–H and O–H groups in total. The van der Waals surface area contributed by atoms with Crippen molar-refractivity contribution in [3.63, 3.8) is 0 Å². The number of oxime groups is 1. The molecule has 1 aliphatic carbocycles. The zero-order chi connectivity index (χ0) is 18.9. The number of aryl methyl sites for hydroxylation is 1. The molecule has 0 saturated heterocycles. The normalized spacial score (nSPS) is 20.3. The van der Waals surface area contributed by atoms with Gasteiger partial charge in [0.05, 0.1) is 9.72 Å². The number of halogens is 2. The van der Waals surface area contributed by atoms with Crippen LogP contribution in [0.25, 0.3) is 0 Å². The molecule has 26 heavy (non-hydrogen) atoms. The smallest absolute Gasteiger partial charge is 0.212 e. The van der Waals surface area contributed by atoms with Crippen LogP contribution < -0.4 is 5.14 Å². The highest BCUT2D eigenvalue weighted by Crippen LogP contribution is 2.39. The Morgan fingerprint density at radius 2 is 2.23 bits per heavy atom. The summed E-state index contributed by atoms with van der Waals surface area (Å²) in [6, 6.07) is 4.45. The summed E-state index contributed by atoms with van der Waals surface area (Å²) < 4.78 is 41.0. The number of sulfonamides is 1. The number of hydrogen-bond donors (Lipinski definition) is 2. The molecule has 1 fully saturated rings. The summed E-state index contributed by atoms with van der Waals surface area (Å²) in [5.41, 5.74) is 1.69. The van der Waals surface area contributed by atoms with E-state index in [4.69, 9.17) is 9.77 Å². The largest absolute Gasteiger partial charge is 0.411 e. The molecule has 2 aromatic rings. The van der Waals surface area contributed by atoms with Gasteiger partial charge < -0.3 is 5.21 Å². The quantitative estimate of drug-likeness (QED) is 0.379. The van der Waals surface area contributed by atoms with Gasteiger partial charge in [0.15, 0.2) is 5.69 Å². The van der Waals surface area contributed by atoms with E-state index in [2.05, 4.69) is 31.4 Å². The van der Waals surface area contributed by atoms with Crippen LogP contribution in [-0.4, -0.2) is 34.9 Å². The first-order valence-electron chi connectivity index (χ1n) is 7.78. The van der Waals surface area contributed by atoms with Crippen molar-refractivity contribution in [1.29, 1.82) is 0 Å². The number of benzene rings is 1. The molecular formula is C15H16BrFN4O4S. The number of hydrogen-bond acceptors (Lipinski definition) is 7. The first-order chi connectivity index (χ1) is 12.3. The van der Waals surface area contributed by atoms with Crippen molar-refractivity contribution in [2.75, 3.05) is 0 Å². The second-order valence-electron chi connectivity index (χ2n) is 6.19. The van der Waals surface area contributed by atoms with E-state index in [1.807, 2.05) is 0 Å². The van der Waals surface area contributed by atoms with E-state index in [-0.39, 0.29) is 18.1 Å². The van der Waals surface area contributed by atoms with Crippen LogP contribution in [0.4, 0.5) is 4.39 Å². The van der Waals surface area contributed by atoms with Crippen LogP contribution in [0.15, 0.2) is 32.5 Å². The predicted octanol–water partition coefficient (Wildman–Crippen LogP) is 2.00. The Morgan fingerprint density at radius 1 is 1.46 bits per heavy atom. The zero-order valence-electron chi connectivity index (χ0n) is 13.5. The van der Waals surface area contributed by atoms with Crippen molar-refractivity contribution in [3.05, 3.63) is 45.4 Å². The lowest BCUT2D eigenvalue weighted by Gasteiger charge is -2.05. The van der Waals surface area contributed by atoms with Crippen molar-refractivity contribution < 1.29 is 22.6 Å². The summed E-state index contributed by atoms with van der Waals surface area (Å²) in [6.07, 6.45) is 1.70. The summed E-state index contributed by atoms with van der Waals surface area (Å²) >= 11 is 3.11. The van der Waals surface area contributed by atoms with E-state index in [9.17, 15) is 18.0 Å². The van der Waals surface area contributed by atoms with Gasteiger partial charge in [-0.2, -0.15) is 0 Å². The first kappa shape index (κ1) is 18.9. The molecule has 0 amide bonds. The van der Waals surface area contributed by atoms with Crippen LogP contribution in [0.2, 0.25) is 0 Å². The Kier molecular flexibility index (Phi) is 5.39. The van der Waals surface area contributed by atoms with E-state index >= 15 is 0 Å². The Morgan fingerprint density at radius 3 is 2.85 bits per heavy atom. The summed E-state index contributed by atoms with van der Waals surface area (Å²) in [5.74, 6) is -0.411. The SMILES string of the molecule is NS(=O)(=O)C1CC1CCc1nonc1/C(Cc1ccc(F)c(Br)c1)=N/O. The van der Waals surface area contributed by atoms with Gasteiger partial charge in [0, 0.05) is 6.42 Å². The van der Waals surface area contributed by atoms with Crippen LogP contribution in [-0.2, 0) is 22.9 Å². The molecule has 1 heterocycles. The fraction of sp³-hybridized carbons (Fsp3) is 0.400. The van der Waals surface area contributed by atoms with Gasteiger partial charge in [0.1, 0.15) is 17.2 Å². The molecular weight excluding hydrogens is 431 g/mol. The van der Waals surface area contributed by atoms with Crippen LogP contribution in [0.3, 0.4) is 0 Å². The number of nitrogens with two attached hydrogens (primary N) is 1. The Bertz CT molecular complexity index is 947. The molecule has 0 radical (unpaired) electrons. The van der Waals surface area contributed by atoms with E-state index in [1.54, 1.807) is 12.1 Å². The lowest BCUT2D eigenvalue weighted by Crippen LogP contribution is -2.19. The van der Waals surface area contributed by atoms with Gasteiger partial charge in [-0.25, -0.2) is 22.6 Å². The Hall–Kier alpha value is -1.85. The van der Waals surface area contributed by atoms with Crippen molar-refractivity contribution in [2.24, 2.45) is 16.2 Å². The monoisotopic (exact) mass is 446 g/mol. The highest BCUT2D eigenvalue weighted by atomic mass is 79.9. The number of aromatic nitrogens is 2. The summed E-state index contributed by atoms with van der Waals surface area (Å²) in [4.78, 5) is 0. The molecule has 140 valence electrons. The Balaban J connectivity index is 1.69. The molecule has 8 nitrogen and oxygen atoms in total. The van der Waals surface area contributed by atoms with Crippen LogP contribution >= 0.6 is 15.9 Å². The highest BCUT2D eigenvalue weighted by molar-refractivity contribution is 9.10. The summed E-state index contributed by atoms with van der Waals surface area (Å²) in [5, 5.41) is 24.8. The number of rotatable bonds is 7. The predicted molar refractivity (Wildman–Crippen MR) is 93.7 cm³/mol. The molecule has 0 aliphatic heterocycles. The van der Waals surface area contributed by atoms with Gasteiger partial charge in [-0.3, -0.25) is 0 Å². The third-order valence-electron chi connectivity index (χ3n) is 4.34. The van der Waals surface area contributed by atoms with Gasteiger partial charge >= 0.3 is 0 Å². The zero-order valence-corrected chi connectivity index (χ0v) is 15.9. The van der Waals surface area contributed by atoms with Crippen molar-refractivity contribution in [1.82, 2.24) is 10.3 Å². The standard InChI is InChI=1S/C15H16BrFN4O4S/c16-10-5-8(1-3-11(10)17)6-13(19-22)15-12(20-25-21-15)4-2-9-7-14(9)26(18,23)24/h1,3,5,9,14,22H,2,4,6-7H2,(H2,18,23,24)/b19-13+. The average molecular weight is 447 g/mol. The maximum absolute atomic E-state index is 13.3. The van der Waals surface area contributed by atoms with Gasteiger partial charge in [-0.1, -0.05) is 16.4 Å². The molecule has 1 aromatic carbocycles. The fourth-order valence-electron chi connectivity index (χ4n) is 2.85. The number of primary sulfonamides is 1. The lowest BCUT2D eigenvalue weighted by molar-refractivity contribution is 0.300. The van der Waals surface area contributed by atoms with Crippen LogP contribution in [0, 0.1) is 11.7 Å². The molecule has 2 atom stereocenters. The molecule has 2 unspecified atom stereocenters. The second kappa shape index (κ2) is 7.41. The first-order valence-corrected chi connectivity index (χ1v) is 10.2. The van der Waals surface area contributed by atoms with Crippen LogP contribution in [0.5, 0.6) is 0 Å². The molecule has 3 rings (SSSR count). The maximum Gasteiger partial charge on any atom is 0.212 e. The van der Waals surface area contributed by atoms with E-state index in [1.165, 1.54) is 6.07 Å². The highest BCUT2D eigenvalue weighted by Gasteiger charge is 2.45. The topological polar surface area (TPSA) is 132 Å². The fourth-order valence-corrected chi connectivity index (χ4v) is 4.46. The number of nitrogens with zero attached hydrogens (tertiary/aromatic N) is 3.